The molecule has 0 bridgehead atoms. The van der Waals surface area contributed by atoms with Crippen LogP contribution in [0.2, 0.25) is 0 Å². The number of aliphatic carboxylic acids is 1. The Balaban J connectivity index is 2.74. The maximum atomic E-state index is 11.9. The smallest absolute Gasteiger partial charge is 0.312 e. The number of rotatable bonds is 9. The molecular weight excluding hydrogens is 312 g/mol. The molecule has 0 aliphatic carbocycles. The minimum atomic E-state index is -0.875. The number of carbonyl (C=O) groups is 3. The maximum absolute atomic E-state index is 11.9. The fraction of sp³-hybridized carbons (Fsp3) is 0.500. The van der Waals surface area contributed by atoms with Crippen molar-refractivity contribution >= 4 is 17.9 Å². The van der Waals surface area contributed by atoms with Crippen LogP contribution in [0.15, 0.2) is 24.3 Å². The Hall–Kier alpha value is -2.37. The van der Waals surface area contributed by atoms with Crippen LogP contribution in [0, 0.1) is 5.92 Å². The Labute approximate surface area is 141 Å². The van der Waals surface area contributed by atoms with Crippen molar-refractivity contribution in [3.05, 3.63) is 35.4 Å². The molecule has 1 aromatic carbocycles. The number of methoxy groups -OCH3 is 2. The fourth-order valence-electron chi connectivity index (χ4n) is 2.51. The Morgan fingerprint density at radius 1 is 1.04 bits per heavy atom. The molecule has 0 saturated heterocycles. The first-order valence-electron chi connectivity index (χ1n) is 7.85. The van der Waals surface area contributed by atoms with Gasteiger partial charge in [0.2, 0.25) is 0 Å². The highest BCUT2D eigenvalue weighted by molar-refractivity contribution is 5.77. The monoisotopic (exact) mass is 336 g/mol. The van der Waals surface area contributed by atoms with Gasteiger partial charge in [0.15, 0.2) is 0 Å². The predicted octanol–water partition coefficient (Wildman–Crippen LogP) is 2.55. The molecule has 1 rings (SSSR count). The molecular formula is C18H24O6. The number of carbonyl (C=O) groups excluding carboxylic acids is 2. The Morgan fingerprint density at radius 2 is 1.62 bits per heavy atom. The lowest BCUT2D eigenvalue weighted by molar-refractivity contribution is -0.146. The summed E-state index contributed by atoms with van der Waals surface area (Å²) >= 11 is 0. The average Bonchev–Trinajstić information content (AvgIpc) is 2.59. The summed E-state index contributed by atoms with van der Waals surface area (Å²) in [5, 5.41) is 8.71. The highest BCUT2D eigenvalue weighted by Crippen LogP contribution is 2.21. The Bertz CT molecular complexity index is 563. The molecule has 24 heavy (non-hydrogen) atoms. The lowest BCUT2D eigenvalue weighted by atomic mass is 9.92. The van der Waals surface area contributed by atoms with E-state index in [0.717, 1.165) is 11.1 Å². The molecule has 0 fully saturated rings. The lowest BCUT2D eigenvalue weighted by Crippen LogP contribution is -2.19. The van der Waals surface area contributed by atoms with E-state index in [1.165, 1.54) is 14.2 Å². The van der Waals surface area contributed by atoms with Crippen LogP contribution >= 0.6 is 0 Å². The molecule has 132 valence electrons. The molecule has 6 nitrogen and oxygen atoms in total. The van der Waals surface area contributed by atoms with Crippen LogP contribution in [0.5, 0.6) is 0 Å². The molecule has 0 aromatic heterocycles. The van der Waals surface area contributed by atoms with Crippen molar-refractivity contribution < 1.29 is 29.0 Å². The van der Waals surface area contributed by atoms with Crippen LogP contribution in [0.25, 0.3) is 0 Å². The van der Waals surface area contributed by atoms with Crippen molar-refractivity contribution in [3.63, 3.8) is 0 Å². The van der Waals surface area contributed by atoms with Gasteiger partial charge in [0.1, 0.15) is 0 Å². The van der Waals surface area contributed by atoms with Crippen molar-refractivity contribution in [2.24, 2.45) is 5.92 Å². The highest BCUT2D eigenvalue weighted by atomic mass is 16.5. The van der Waals surface area contributed by atoms with Crippen LogP contribution in [0.4, 0.5) is 0 Å². The van der Waals surface area contributed by atoms with Gasteiger partial charge in [0.25, 0.3) is 0 Å². The summed E-state index contributed by atoms with van der Waals surface area (Å²) in [6.07, 6.45) is 1.38. The summed E-state index contributed by atoms with van der Waals surface area (Å²) < 4.78 is 9.53. The molecule has 0 heterocycles. The van der Waals surface area contributed by atoms with Gasteiger partial charge < -0.3 is 14.6 Å². The van der Waals surface area contributed by atoms with E-state index in [-0.39, 0.29) is 30.2 Å². The fourth-order valence-corrected chi connectivity index (χ4v) is 2.51. The second-order valence-electron chi connectivity index (χ2n) is 5.70. The SMILES string of the molecule is COC(=O)C(CCCC(=O)O)Cc1ccc(C(C)C(=O)OC)cc1. The second-order valence-corrected chi connectivity index (χ2v) is 5.70. The van der Waals surface area contributed by atoms with E-state index in [1.54, 1.807) is 6.92 Å². The van der Waals surface area contributed by atoms with Crippen LogP contribution in [-0.2, 0) is 30.3 Å². The number of carboxylic acid groups (broad SMARTS) is 1. The molecule has 1 N–H and O–H groups in total. The molecule has 0 radical (unpaired) electrons. The number of ether oxygens (including phenoxy) is 2. The van der Waals surface area contributed by atoms with Crippen molar-refractivity contribution in [2.45, 2.75) is 38.5 Å². The first-order valence-corrected chi connectivity index (χ1v) is 7.85. The molecule has 2 atom stereocenters. The quantitative estimate of drug-likeness (QED) is 0.697. The van der Waals surface area contributed by atoms with Gasteiger partial charge in [0.05, 0.1) is 26.1 Å². The van der Waals surface area contributed by atoms with Crippen LogP contribution in [0.3, 0.4) is 0 Å². The van der Waals surface area contributed by atoms with Crippen molar-refractivity contribution in [2.75, 3.05) is 14.2 Å². The molecule has 1 aromatic rings. The third-order valence-corrected chi connectivity index (χ3v) is 3.99. The molecule has 0 saturated carbocycles. The zero-order chi connectivity index (χ0) is 18.1. The largest absolute Gasteiger partial charge is 0.481 e. The summed E-state index contributed by atoms with van der Waals surface area (Å²) in [7, 11) is 2.68. The minimum absolute atomic E-state index is 0.0308. The number of esters is 2. The zero-order valence-electron chi connectivity index (χ0n) is 14.3. The lowest BCUT2D eigenvalue weighted by Gasteiger charge is -2.15. The van der Waals surface area contributed by atoms with E-state index < -0.39 is 5.97 Å². The minimum Gasteiger partial charge on any atom is -0.481 e. The molecule has 2 unspecified atom stereocenters. The summed E-state index contributed by atoms with van der Waals surface area (Å²) in [5.74, 6) is -2.25. The summed E-state index contributed by atoms with van der Waals surface area (Å²) in [6.45, 7) is 1.77. The molecule has 0 spiro atoms. The van der Waals surface area contributed by atoms with Crippen molar-refractivity contribution in [1.29, 1.82) is 0 Å². The van der Waals surface area contributed by atoms with E-state index in [2.05, 4.69) is 0 Å². The summed E-state index contributed by atoms with van der Waals surface area (Å²) in [6, 6.07) is 7.40. The van der Waals surface area contributed by atoms with Gasteiger partial charge in [-0.15, -0.1) is 0 Å². The van der Waals surface area contributed by atoms with Gasteiger partial charge in [-0.25, -0.2) is 0 Å². The Morgan fingerprint density at radius 3 is 2.12 bits per heavy atom. The van der Waals surface area contributed by atoms with Crippen LogP contribution in [0.1, 0.15) is 43.2 Å². The third-order valence-electron chi connectivity index (χ3n) is 3.99. The van der Waals surface area contributed by atoms with Crippen molar-refractivity contribution in [3.8, 4) is 0 Å². The third kappa shape index (κ3) is 6.02. The number of hydrogen-bond acceptors (Lipinski definition) is 5. The highest BCUT2D eigenvalue weighted by Gasteiger charge is 2.20. The van der Waals surface area contributed by atoms with E-state index in [4.69, 9.17) is 14.6 Å². The number of benzene rings is 1. The summed E-state index contributed by atoms with van der Waals surface area (Å²) in [5.41, 5.74) is 1.77. The van der Waals surface area contributed by atoms with Gasteiger partial charge >= 0.3 is 17.9 Å². The topological polar surface area (TPSA) is 89.9 Å². The average molecular weight is 336 g/mol. The van der Waals surface area contributed by atoms with Gasteiger partial charge in [-0.2, -0.15) is 0 Å². The normalized spacial score (nSPS) is 13.0. The predicted molar refractivity (Wildman–Crippen MR) is 87.6 cm³/mol. The van der Waals surface area contributed by atoms with Gasteiger partial charge in [-0.05, 0) is 37.3 Å². The van der Waals surface area contributed by atoms with E-state index in [9.17, 15) is 14.4 Å². The van der Waals surface area contributed by atoms with Crippen LogP contribution in [-0.4, -0.2) is 37.2 Å². The van der Waals surface area contributed by atoms with Gasteiger partial charge in [0, 0.05) is 6.42 Å². The first kappa shape index (κ1) is 19.7. The zero-order valence-corrected chi connectivity index (χ0v) is 14.3. The first-order chi connectivity index (χ1) is 11.4. The Kier molecular flexibility index (Phi) is 7.95. The molecule has 6 heteroatoms. The number of hydrogen-bond donors (Lipinski definition) is 1. The standard InChI is InChI=1S/C18H24O6/c1-12(17(21)23-2)14-9-7-13(8-10-14)11-15(18(22)24-3)5-4-6-16(19)20/h7-10,12,15H,4-6,11H2,1-3H3,(H,19,20). The van der Waals surface area contributed by atoms with E-state index >= 15 is 0 Å². The van der Waals surface area contributed by atoms with Crippen LogP contribution < -0.4 is 0 Å². The second kappa shape index (κ2) is 9.70. The van der Waals surface area contributed by atoms with Gasteiger partial charge in [-0.3, -0.25) is 14.4 Å². The van der Waals surface area contributed by atoms with Gasteiger partial charge in [-0.1, -0.05) is 24.3 Å². The molecule has 0 aliphatic heterocycles. The molecule has 0 amide bonds. The van der Waals surface area contributed by atoms with Crippen molar-refractivity contribution in [1.82, 2.24) is 0 Å². The van der Waals surface area contributed by atoms with E-state index in [0.29, 0.717) is 19.3 Å². The van der Waals surface area contributed by atoms with E-state index in [1.807, 2.05) is 24.3 Å². The maximum Gasteiger partial charge on any atom is 0.312 e. The summed E-state index contributed by atoms with van der Waals surface area (Å²) in [4.78, 5) is 34.0. The molecule has 0 aliphatic rings. The number of carboxylic acids is 1.